The van der Waals surface area contributed by atoms with Crippen LogP contribution in [0.5, 0.6) is 0 Å². The molecule has 0 radical (unpaired) electrons. The maximum atomic E-state index is 5.78. The van der Waals surface area contributed by atoms with Gasteiger partial charge in [-0.1, -0.05) is 25.1 Å². The van der Waals surface area contributed by atoms with Gasteiger partial charge in [0.05, 0.1) is 25.1 Å². The average Bonchev–Trinajstić information content (AvgIpc) is 3.14. The van der Waals surface area contributed by atoms with Crippen molar-refractivity contribution in [3.63, 3.8) is 0 Å². The van der Waals surface area contributed by atoms with E-state index in [2.05, 4.69) is 41.8 Å². The highest BCUT2D eigenvalue weighted by atomic mass is 16.5. The lowest BCUT2D eigenvalue weighted by Gasteiger charge is -2.25. The van der Waals surface area contributed by atoms with Gasteiger partial charge < -0.3 is 4.74 Å². The summed E-state index contributed by atoms with van der Waals surface area (Å²) in [4.78, 5) is 9.32. The number of aromatic nitrogens is 4. The molecule has 0 spiro atoms. The van der Waals surface area contributed by atoms with E-state index in [1.54, 1.807) is 4.68 Å². The Morgan fingerprint density at radius 3 is 3.04 bits per heavy atom. The van der Waals surface area contributed by atoms with Crippen molar-refractivity contribution in [1.29, 1.82) is 0 Å². The Morgan fingerprint density at radius 2 is 2.26 bits per heavy atom. The van der Waals surface area contributed by atoms with Gasteiger partial charge in [0.25, 0.3) is 0 Å². The van der Waals surface area contributed by atoms with Crippen molar-refractivity contribution in [2.24, 2.45) is 7.05 Å². The minimum Gasteiger partial charge on any atom is -0.376 e. The van der Waals surface area contributed by atoms with Crippen LogP contribution >= 0.6 is 0 Å². The normalized spacial score (nSPS) is 17.3. The molecule has 4 rings (SSSR count). The van der Waals surface area contributed by atoms with Crippen molar-refractivity contribution in [1.82, 2.24) is 19.7 Å². The summed E-state index contributed by atoms with van der Waals surface area (Å²) in [5.41, 5.74) is 5.75. The van der Waals surface area contributed by atoms with Crippen molar-refractivity contribution in [2.75, 3.05) is 6.61 Å². The molecule has 0 saturated carbocycles. The molecule has 3 heterocycles. The van der Waals surface area contributed by atoms with E-state index in [0.717, 1.165) is 35.7 Å². The second kappa shape index (κ2) is 7.45. The second-order valence-corrected chi connectivity index (χ2v) is 7.12. The zero-order chi connectivity index (χ0) is 18.8. The molecule has 2 unspecified atom stereocenters. The molecule has 5 nitrogen and oxygen atoms in total. The van der Waals surface area contributed by atoms with Crippen molar-refractivity contribution < 1.29 is 4.74 Å². The number of nitrogens with zero attached hydrogens (tertiary/aromatic N) is 4. The van der Waals surface area contributed by atoms with Crippen LogP contribution in [0.4, 0.5) is 0 Å². The van der Waals surface area contributed by atoms with E-state index >= 15 is 0 Å². The molecule has 0 aliphatic carbocycles. The summed E-state index contributed by atoms with van der Waals surface area (Å²) in [5.74, 6) is 1.29. The summed E-state index contributed by atoms with van der Waals surface area (Å²) in [7, 11) is 1.92. The van der Waals surface area contributed by atoms with Gasteiger partial charge in [-0.05, 0) is 29.7 Å². The SMILES string of the molecule is C=CCC1COCc2cc(-c3ccnc(C(C)c4cnn(C)c4)n3)ccc21. The van der Waals surface area contributed by atoms with Crippen LogP contribution in [0.15, 0.2) is 55.5 Å². The molecule has 2 aromatic heterocycles. The predicted molar refractivity (Wildman–Crippen MR) is 105 cm³/mol. The zero-order valence-electron chi connectivity index (χ0n) is 15.8. The number of hydrogen-bond acceptors (Lipinski definition) is 4. The fourth-order valence-corrected chi connectivity index (χ4v) is 3.64. The quantitative estimate of drug-likeness (QED) is 0.639. The van der Waals surface area contributed by atoms with E-state index in [-0.39, 0.29) is 5.92 Å². The minimum absolute atomic E-state index is 0.0941. The summed E-state index contributed by atoms with van der Waals surface area (Å²) in [6.45, 7) is 7.39. The van der Waals surface area contributed by atoms with Gasteiger partial charge in [-0.3, -0.25) is 4.68 Å². The molecule has 0 N–H and O–H groups in total. The molecule has 5 heteroatoms. The summed E-state index contributed by atoms with van der Waals surface area (Å²) in [6.07, 6.45) is 8.62. The summed E-state index contributed by atoms with van der Waals surface area (Å²) >= 11 is 0. The smallest absolute Gasteiger partial charge is 0.136 e. The summed E-state index contributed by atoms with van der Waals surface area (Å²) in [6, 6.07) is 8.53. The third-order valence-electron chi connectivity index (χ3n) is 5.19. The first-order valence-electron chi connectivity index (χ1n) is 9.29. The van der Waals surface area contributed by atoms with Gasteiger partial charge in [0.1, 0.15) is 5.82 Å². The van der Waals surface area contributed by atoms with E-state index in [1.807, 2.05) is 37.8 Å². The lowest BCUT2D eigenvalue weighted by Crippen LogP contribution is -2.16. The Balaban J connectivity index is 1.65. The summed E-state index contributed by atoms with van der Waals surface area (Å²) in [5, 5.41) is 4.25. The first kappa shape index (κ1) is 17.6. The maximum Gasteiger partial charge on any atom is 0.136 e. The number of rotatable bonds is 5. The van der Waals surface area contributed by atoms with E-state index < -0.39 is 0 Å². The molecule has 0 bridgehead atoms. The van der Waals surface area contributed by atoms with Gasteiger partial charge in [0.15, 0.2) is 0 Å². The van der Waals surface area contributed by atoms with Gasteiger partial charge >= 0.3 is 0 Å². The van der Waals surface area contributed by atoms with Crippen LogP contribution in [-0.4, -0.2) is 26.4 Å². The third kappa shape index (κ3) is 3.55. The lowest BCUT2D eigenvalue weighted by atomic mass is 9.89. The highest BCUT2D eigenvalue weighted by molar-refractivity contribution is 5.61. The second-order valence-electron chi connectivity index (χ2n) is 7.12. The molecule has 0 fully saturated rings. The van der Waals surface area contributed by atoms with E-state index in [0.29, 0.717) is 12.5 Å². The molecule has 27 heavy (non-hydrogen) atoms. The molecule has 1 aromatic carbocycles. The number of fused-ring (bicyclic) bond motifs is 1. The fraction of sp³-hybridized carbons (Fsp3) is 0.318. The Bertz CT molecular complexity index is 962. The standard InChI is InChI=1S/C22H24N4O/c1-4-5-17-13-27-14-18-10-16(6-7-20(17)18)21-8-9-23-22(25-21)15(2)19-11-24-26(3)12-19/h4,6-12,15,17H,1,5,13-14H2,2-3H3. The Morgan fingerprint density at radius 1 is 1.37 bits per heavy atom. The van der Waals surface area contributed by atoms with Crippen molar-refractivity contribution in [3.05, 3.63) is 78.0 Å². The van der Waals surface area contributed by atoms with Crippen LogP contribution in [0.3, 0.4) is 0 Å². The number of allylic oxidation sites excluding steroid dienone is 1. The Labute approximate surface area is 159 Å². The highest BCUT2D eigenvalue weighted by Crippen LogP contribution is 2.32. The van der Waals surface area contributed by atoms with Crippen LogP contribution in [0.1, 0.15) is 47.7 Å². The van der Waals surface area contributed by atoms with Crippen LogP contribution in [0.2, 0.25) is 0 Å². The largest absolute Gasteiger partial charge is 0.376 e. The monoisotopic (exact) mass is 360 g/mol. The molecule has 0 saturated heterocycles. The molecule has 0 amide bonds. The Kier molecular flexibility index (Phi) is 4.86. The van der Waals surface area contributed by atoms with E-state index in [9.17, 15) is 0 Å². The van der Waals surface area contributed by atoms with Gasteiger partial charge in [-0.2, -0.15) is 5.10 Å². The number of benzene rings is 1. The van der Waals surface area contributed by atoms with Gasteiger partial charge in [-0.25, -0.2) is 9.97 Å². The van der Waals surface area contributed by atoms with Crippen LogP contribution in [0, 0.1) is 0 Å². The maximum absolute atomic E-state index is 5.78. The van der Waals surface area contributed by atoms with Crippen LogP contribution in [0.25, 0.3) is 11.3 Å². The molecule has 2 atom stereocenters. The average molecular weight is 360 g/mol. The zero-order valence-corrected chi connectivity index (χ0v) is 15.8. The van der Waals surface area contributed by atoms with E-state index in [4.69, 9.17) is 9.72 Å². The molecular formula is C22H24N4O. The first-order valence-corrected chi connectivity index (χ1v) is 9.29. The number of hydrogen-bond donors (Lipinski definition) is 0. The number of ether oxygens (including phenoxy) is 1. The number of aryl methyl sites for hydroxylation is 1. The first-order chi connectivity index (χ1) is 13.2. The molecule has 1 aliphatic rings. The van der Waals surface area contributed by atoms with Gasteiger partial charge in [0.2, 0.25) is 0 Å². The van der Waals surface area contributed by atoms with E-state index in [1.165, 1.54) is 11.1 Å². The topological polar surface area (TPSA) is 52.8 Å². The van der Waals surface area contributed by atoms with Crippen molar-refractivity contribution in [2.45, 2.75) is 31.8 Å². The lowest BCUT2D eigenvalue weighted by molar-refractivity contribution is 0.0916. The minimum atomic E-state index is 0.0941. The molecular weight excluding hydrogens is 336 g/mol. The van der Waals surface area contributed by atoms with Gasteiger partial charge in [-0.15, -0.1) is 6.58 Å². The predicted octanol–water partition coefficient (Wildman–Crippen LogP) is 4.22. The molecule has 1 aliphatic heterocycles. The van der Waals surface area contributed by atoms with Crippen molar-refractivity contribution in [3.8, 4) is 11.3 Å². The van der Waals surface area contributed by atoms with Gasteiger partial charge in [0, 0.05) is 42.4 Å². The van der Waals surface area contributed by atoms with Crippen LogP contribution < -0.4 is 0 Å². The molecule has 138 valence electrons. The fourth-order valence-electron chi connectivity index (χ4n) is 3.64. The Hall–Kier alpha value is -2.79. The van der Waals surface area contributed by atoms with Crippen molar-refractivity contribution >= 4 is 0 Å². The highest BCUT2D eigenvalue weighted by Gasteiger charge is 2.21. The summed E-state index contributed by atoms with van der Waals surface area (Å²) < 4.78 is 7.59. The third-order valence-corrected chi connectivity index (χ3v) is 5.19. The molecule has 3 aromatic rings. The van der Waals surface area contributed by atoms with Crippen LogP contribution in [-0.2, 0) is 18.4 Å².